The van der Waals surface area contributed by atoms with E-state index in [9.17, 15) is 9.18 Å². The van der Waals surface area contributed by atoms with E-state index in [-0.39, 0.29) is 16.8 Å². The molecule has 92 valence electrons. The van der Waals surface area contributed by atoms with Gasteiger partial charge in [0.1, 0.15) is 5.82 Å². The number of carbonyl (C=O) groups is 1. The van der Waals surface area contributed by atoms with Crippen LogP contribution in [0.4, 0.5) is 10.1 Å². The number of nitrogens with one attached hydrogen (secondary N) is 2. The third kappa shape index (κ3) is 3.17. The van der Waals surface area contributed by atoms with Crippen LogP contribution in [0.3, 0.4) is 0 Å². The van der Waals surface area contributed by atoms with Crippen molar-refractivity contribution >= 4 is 23.2 Å². The van der Waals surface area contributed by atoms with Gasteiger partial charge in [-0.3, -0.25) is 4.79 Å². The van der Waals surface area contributed by atoms with Crippen molar-refractivity contribution < 1.29 is 9.18 Å². The van der Waals surface area contributed by atoms with Gasteiger partial charge < -0.3 is 10.6 Å². The zero-order valence-electron chi connectivity index (χ0n) is 9.30. The van der Waals surface area contributed by atoms with Crippen LogP contribution in [0.25, 0.3) is 0 Å². The fourth-order valence-corrected chi connectivity index (χ4v) is 2.12. The summed E-state index contributed by atoms with van der Waals surface area (Å²) in [6.07, 6.45) is 1.87. The Morgan fingerprint density at radius 2 is 2.35 bits per heavy atom. The summed E-state index contributed by atoms with van der Waals surface area (Å²) in [4.78, 5) is 11.9. The molecule has 17 heavy (non-hydrogen) atoms. The van der Waals surface area contributed by atoms with Crippen LogP contribution in [-0.2, 0) is 4.79 Å². The van der Waals surface area contributed by atoms with E-state index < -0.39 is 5.82 Å². The van der Waals surface area contributed by atoms with Crippen molar-refractivity contribution in [1.82, 2.24) is 5.32 Å². The Balaban J connectivity index is 2.02. The number of carbonyl (C=O) groups excluding carboxylic acids is 1. The fourth-order valence-electron chi connectivity index (χ4n) is 1.90. The maximum atomic E-state index is 12.8. The van der Waals surface area contributed by atoms with Gasteiger partial charge in [-0.15, -0.1) is 0 Å². The van der Waals surface area contributed by atoms with Gasteiger partial charge in [0.25, 0.3) is 0 Å². The Bertz CT molecular complexity index is 419. The molecule has 2 N–H and O–H groups in total. The fraction of sp³-hybridized carbons (Fsp3) is 0.417. The minimum Gasteiger partial charge on any atom is -0.324 e. The average Bonchev–Trinajstić information content (AvgIpc) is 2.34. The summed E-state index contributed by atoms with van der Waals surface area (Å²) < 4.78 is 12.8. The van der Waals surface area contributed by atoms with Crippen molar-refractivity contribution in [2.45, 2.75) is 12.8 Å². The van der Waals surface area contributed by atoms with E-state index in [0.29, 0.717) is 12.2 Å². The van der Waals surface area contributed by atoms with E-state index in [1.54, 1.807) is 0 Å². The van der Waals surface area contributed by atoms with Crippen molar-refractivity contribution in [3.63, 3.8) is 0 Å². The minimum atomic E-state index is -0.410. The number of benzene rings is 1. The van der Waals surface area contributed by atoms with Gasteiger partial charge >= 0.3 is 0 Å². The number of anilines is 1. The Kier molecular flexibility index (Phi) is 3.97. The molecule has 0 bridgehead atoms. The molecule has 1 aliphatic rings. The van der Waals surface area contributed by atoms with Crippen molar-refractivity contribution in [3.05, 3.63) is 29.0 Å². The van der Waals surface area contributed by atoms with Crippen LogP contribution in [0.15, 0.2) is 18.2 Å². The highest BCUT2D eigenvalue weighted by atomic mass is 35.5. The number of hydrogen-bond donors (Lipinski definition) is 2. The summed E-state index contributed by atoms with van der Waals surface area (Å²) in [6, 6.07) is 3.95. The van der Waals surface area contributed by atoms with Crippen LogP contribution in [0.2, 0.25) is 5.02 Å². The van der Waals surface area contributed by atoms with Gasteiger partial charge in [-0.1, -0.05) is 11.6 Å². The molecule has 0 aliphatic carbocycles. The lowest BCUT2D eigenvalue weighted by atomic mass is 9.99. The van der Waals surface area contributed by atoms with Gasteiger partial charge in [0, 0.05) is 6.54 Å². The van der Waals surface area contributed by atoms with Crippen LogP contribution < -0.4 is 10.6 Å². The predicted molar refractivity (Wildman–Crippen MR) is 65.6 cm³/mol. The zero-order chi connectivity index (χ0) is 12.3. The summed E-state index contributed by atoms with van der Waals surface area (Å²) in [6.45, 7) is 1.64. The summed E-state index contributed by atoms with van der Waals surface area (Å²) in [5, 5.41) is 6.13. The van der Waals surface area contributed by atoms with E-state index in [1.807, 2.05) is 0 Å². The molecule has 1 atom stereocenters. The van der Waals surface area contributed by atoms with Gasteiger partial charge in [-0.2, -0.15) is 0 Å². The molecular formula is C12H14ClFN2O. The number of piperidine rings is 1. The van der Waals surface area contributed by atoms with E-state index in [0.717, 1.165) is 19.4 Å². The van der Waals surface area contributed by atoms with Crippen molar-refractivity contribution in [1.29, 1.82) is 0 Å². The molecule has 3 nitrogen and oxygen atoms in total. The van der Waals surface area contributed by atoms with E-state index in [4.69, 9.17) is 11.6 Å². The van der Waals surface area contributed by atoms with E-state index >= 15 is 0 Å². The molecule has 1 amide bonds. The maximum Gasteiger partial charge on any atom is 0.228 e. The minimum absolute atomic E-state index is 0.0372. The summed E-state index contributed by atoms with van der Waals surface area (Å²) in [5.41, 5.74) is 0.462. The lowest BCUT2D eigenvalue weighted by Crippen LogP contribution is -2.37. The smallest absolute Gasteiger partial charge is 0.228 e. The number of halogens is 2. The molecule has 0 radical (unpaired) electrons. The first-order chi connectivity index (χ1) is 8.16. The zero-order valence-corrected chi connectivity index (χ0v) is 10.1. The second kappa shape index (κ2) is 5.47. The Labute approximate surface area is 104 Å². The van der Waals surface area contributed by atoms with Crippen LogP contribution in [0, 0.1) is 11.7 Å². The molecule has 1 fully saturated rings. The lowest BCUT2D eigenvalue weighted by molar-refractivity contribution is -0.120. The number of rotatable bonds is 2. The van der Waals surface area contributed by atoms with Crippen molar-refractivity contribution in [3.8, 4) is 0 Å². The normalized spacial score (nSPS) is 20.0. The van der Waals surface area contributed by atoms with E-state index in [1.165, 1.54) is 18.2 Å². The van der Waals surface area contributed by atoms with E-state index in [2.05, 4.69) is 10.6 Å². The first-order valence-corrected chi connectivity index (χ1v) is 6.01. The number of amides is 1. The molecule has 5 heteroatoms. The predicted octanol–water partition coefficient (Wildman–Crippen LogP) is 2.42. The maximum absolute atomic E-state index is 12.8. The third-order valence-corrected chi connectivity index (χ3v) is 3.17. The third-order valence-electron chi connectivity index (χ3n) is 2.86. The average molecular weight is 257 g/mol. The van der Waals surface area contributed by atoms with Gasteiger partial charge in [0.05, 0.1) is 16.6 Å². The molecule has 1 saturated heterocycles. The molecule has 1 aromatic carbocycles. The summed E-state index contributed by atoms with van der Waals surface area (Å²) in [5.74, 6) is -0.511. The molecule has 1 heterocycles. The largest absolute Gasteiger partial charge is 0.324 e. The Morgan fingerprint density at radius 1 is 1.53 bits per heavy atom. The quantitative estimate of drug-likeness (QED) is 0.853. The second-order valence-corrected chi connectivity index (χ2v) is 4.56. The highest BCUT2D eigenvalue weighted by molar-refractivity contribution is 6.33. The molecule has 2 rings (SSSR count). The molecular weight excluding hydrogens is 243 g/mol. The van der Waals surface area contributed by atoms with Gasteiger partial charge in [-0.25, -0.2) is 4.39 Å². The Morgan fingerprint density at radius 3 is 3.00 bits per heavy atom. The molecule has 0 spiro atoms. The Hall–Kier alpha value is -1.13. The van der Waals surface area contributed by atoms with Crippen LogP contribution in [-0.4, -0.2) is 19.0 Å². The number of hydrogen-bond acceptors (Lipinski definition) is 2. The monoisotopic (exact) mass is 256 g/mol. The van der Waals surface area contributed by atoms with Crippen molar-refractivity contribution in [2.24, 2.45) is 5.92 Å². The molecule has 1 aliphatic heterocycles. The van der Waals surface area contributed by atoms with Gasteiger partial charge in [0.15, 0.2) is 0 Å². The highest BCUT2D eigenvalue weighted by Crippen LogP contribution is 2.23. The van der Waals surface area contributed by atoms with Crippen LogP contribution in [0.1, 0.15) is 12.8 Å². The van der Waals surface area contributed by atoms with Crippen molar-refractivity contribution in [2.75, 3.05) is 18.4 Å². The molecule has 0 aromatic heterocycles. The van der Waals surface area contributed by atoms with Crippen LogP contribution >= 0.6 is 11.6 Å². The first-order valence-electron chi connectivity index (χ1n) is 5.63. The molecule has 1 aromatic rings. The second-order valence-electron chi connectivity index (χ2n) is 4.16. The topological polar surface area (TPSA) is 41.1 Å². The molecule has 0 unspecified atom stereocenters. The highest BCUT2D eigenvalue weighted by Gasteiger charge is 2.21. The lowest BCUT2D eigenvalue weighted by Gasteiger charge is -2.22. The molecule has 0 saturated carbocycles. The van der Waals surface area contributed by atoms with Gasteiger partial charge in [0.2, 0.25) is 5.91 Å². The summed E-state index contributed by atoms with van der Waals surface area (Å²) in [7, 11) is 0. The first kappa shape index (κ1) is 12.3. The van der Waals surface area contributed by atoms with Gasteiger partial charge in [-0.05, 0) is 37.6 Å². The summed E-state index contributed by atoms with van der Waals surface area (Å²) >= 11 is 5.84. The standard InChI is InChI=1S/C12H14ClFN2O/c13-10-6-9(14)3-4-11(10)16-12(17)8-2-1-5-15-7-8/h3-4,6,8,15H,1-2,5,7H2,(H,16,17)/t8-/m0/s1. The van der Waals surface area contributed by atoms with Crippen LogP contribution in [0.5, 0.6) is 0 Å². The SMILES string of the molecule is O=C(Nc1ccc(F)cc1Cl)[C@H]1CCCNC1.